The van der Waals surface area contributed by atoms with E-state index in [1.807, 2.05) is 36.4 Å². The lowest BCUT2D eigenvalue weighted by molar-refractivity contribution is 0.414. The summed E-state index contributed by atoms with van der Waals surface area (Å²) in [5, 5.41) is 0.501. The molecular formula is C23H17FN2O2. The molecule has 0 fully saturated rings. The van der Waals surface area contributed by atoms with E-state index in [1.54, 1.807) is 43.5 Å². The maximum Gasteiger partial charge on any atom is 0.266 e. The number of nitrogens with zero attached hydrogens (tertiary/aromatic N) is 2. The van der Waals surface area contributed by atoms with Crippen molar-refractivity contribution in [3.63, 3.8) is 0 Å². The lowest BCUT2D eigenvalue weighted by Crippen LogP contribution is -2.22. The number of hydrogen-bond acceptors (Lipinski definition) is 3. The van der Waals surface area contributed by atoms with Crippen LogP contribution in [-0.2, 0) is 0 Å². The summed E-state index contributed by atoms with van der Waals surface area (Å²) in [4.78, 5) is 17.8. The number of aromatic nitrogens is 2. The Morgan fingerprint density at radius 3 is 2.43 bits per heavy atom. The van der Waals surface area contributed by atoms with E-state index in [2.05, 4.69) is 4.98 Å². The normalized spacial score (nSPS) is 11.2. The van der Waals surface area contributed by atoms with Crippen LogP contribution in [0.25, 0.3) is 28.7 Å². The van der Waals surface area contributed by atoms with Crippen molar-refractivity contribution < 1.29 is 9.13 Å². The molecular weight excluding hydrogens is 355 g/mol. The summed E-state index contributed by atoms with van der Waals surface area (Å²) in [5.41, 5.74) is 1.80. The van der Waals surface area contributed by atoms with E-state index >= 15 is 0 Å². The minimum Gasteiger partial charge on any atom is -0.496 e. The lowest BCUT2D eigenvalue weighted by atomic mass is 10.1. The number of ether oxygens (including phenoxy) is 1. The zero-order valence-electron chi connectivity index (χ0n) is 15.2. The van der Waals surface area contributed by atoms with Crippen LogP contribution in [0.15, 0.2) is 77.6 Å². The van der Waals surface area contributed by atoms with E-state index in [0.29, 0.717) is 22.4 Å². The predicted octanol–water partition coefficient (Wildman–Crippen LogP) is 4.70. The van der Waals surface area contributed by atoms with Crippen molar-refractivity contribution in [1.82, 2.24) is 9.55 Å². The Morgan fingerprint density at radius 1 is 0.929 bits per heavy atom. The molecule has 0 atom stereocenters. The summed E-state index contributed by atoms with van der Waals surface area (Å²) in [6, 6.07) is 20.5. The van der Waals surface area contributed by atoms with Gasteiger partial charge < -0.3 is 4.74 Å². The first-order chi connectivity index (χ1) is 13.7. The van der Waals surface area contributed by atoms with Gasteiger partial charge in [0.1, 0.15) is 17.4 Å². The van der Waals surface area contributed by atoms with Crippen molar-refractivity contribution in [2.45, 2.75) is 0 Å². The minimum absolute atomic E-state index is 0.211. The SMILES string of the molecule is COc1ccccc1/C=C/c1nc2ccccc2c(=O)n1-c1ccc(F)cc1. The molecule has 0 bridgehead atoms. The topological polar surface area (TPSA) is 44.1 Å². The highest BCUT2D eigenvalue weighted by atomic mass is 19.1. The zero-order chi connectivity index (χ0) is 19.5. The van der Waals surface area contributed by atoms with Crippen LogP contribution in [0.2, 0.25) is 0 Å². The van der Waals surface area contributed by atoms with Crippen LogP contribution in [-0.4, -0.2) is 16.7 Å². The Balaban J connectivity index is 1.93. The third-order valence-electron chi connectivity index (χ3n) is 4.44. The fourth-order valence-electron chi connectivity index (χ4n) is 3.07. The maximum atomic E-state index is 13.4. The summed E-state index contributed by atoms with van der Waals surface area (Å²) < 4.78 is 20.2. The molecule has 0 aliphatic rings. The molecule has 0 radical (unpaired) electrons. The first-order valence-corrected chi connectivity index (χ1v) is 8.76. The molecule has 4 aromatic rings. The van der Waals surface area contributed by atoms with E-state index in [1.165, 1.54) is 16.7 Å². The zero-order valence-corrected chi connectivity index (χ0v) is 15.2. The second-order valence-corrected chi connectivity index (χ2v) is 6.18. The monoisotopic (exact) mass is 372 g/mol. The quantitative estimate of drug-likeness (QED) is 0.521. The van der Waals surface area contributed by atoms with Crippen molar-refractivity contribution in [1.29, 1.82) is 0 Å². The maximum absolute atomic E-state index is 13.4. The van der Waals surface area contributed by atoms with Gasteiger partial charge in [0, 0.05) is 5.56 Å². The van der Waals surface area contributed by atoms with Crippen molar-refractivity contribution in [2.75, 3.05) is 7.11 Å². The van der Waals surface area contributed by atoms with Crippen molar-refractivity contribution in [3.05, 3.63) is 100 Å². The molecule has 138 valence electrons. The molecule has 4 rings (SSSR count). The molecule has 1 heterocycles. The molecule has 0 aliphatic carbocycles. The van der Waals surface area contributed by atoms with E-state index in [0.717, 1.165) is 11.3 Å². The third-order valence-corrected chi connectivity index (χ3v) is 4.44. The van der Waals surface area contributed by atoms with Gasteiger partial charge in [-0.15, -0.1) is 0 Å². The predicted molar refractivity (Wildman–Crippen MR) is 109 cm³/mol. The molecule has 0 amide bonds. The molecule has 3 aromatic carbocycles. The highest BCUT2D eigenvalue weighted by Gasteiger charge is 2.11. The number of benzene rings is 3. The molecule has 1 aromatic heterocycles. The van der Waals surface area contributed by atoms with Gasteiger partial charge in [-0.2, -0.15) is 0 Å². The Hall–Kier alpha value is -3.73. The van der Waals surface area contributed by atoms with Crippen LogP contribution in [0.3, 0.4) is 0 Å². The van der Waals surface area contributed by atoms with Crippen molar-refractivity contribution >= 4 is 23.1 Å². The molecule has 0 unspecified atom stereocenters. The summed E-state index contributed by atoms with van der Waals surface area (Å²) in [7, 11) is 1.61. The molecule has 28 heavy (non-hydrogen) atoms. The van der Waals surface area contributed by atoms with Gasteiger partial charge in [-0.1, -0.05) is 30.3 Å². The van der Waals surface area contributed by atoms with E-state index < -0.39 is 0 Å². The van der Waals surface area contributed by atoms with Gasteiger partial charge in [0.2, 0.25) is 0 Å². The van der Waals surface area contributed by atoms with Crippen molar-refractivity contribution in [2.24, 2.45) is 0 Å². The molecule has 0 spiro atoms. The molecule has 4 nitrogen and oxygen atoms in total. The highest BCUT2D eigenvalue weighted by molar-refractivity contribution is 5.80. The number of fused-ring (bicyclic) bond motifs is 1. The average Bonchev–Trinajstić information content (AvgIpc) is 2.73. The van der Waals surface area contributed by atoms with Crippen LogP contribution in [0, 0.1) is 5.82 Å². The number of rotatable bonds is 4. The lowest BCUT2D eigenvalue weighted by Gasteiger charge is -2.11. The first-order valence-electron chi connectivity index (χ1n) is 8.76. The summed E-state index contributed by atoms with van der Waals surface area (Å²) in [6.45, 7) is 0. The Labute approximate surface area is 161 Å². The summed E-state index contributed by atoms with van der Waals surface area (Å²) in [5.74, 6) is 0.799. The van der Waals surface area contributed by atoms with E-state index in [9.17, 15) is 9.18 Å². The third kappa shape index (κ3) is 3.30. The molecule has 0 saturated heterocycles. The van der Waals surface area contributed by atoms with Gasteiger partial charge >= 0.3 is 0 Å². The van der Waals surface area contributed by atoms with Crippen LogP contribution in [0.1, 0.15) is 11.4 Å². The first kappa shape index (κ1) is 17.7. The van der Waals surface area contributed by atoms with Crippen LogP contribution in [0.5, 0.6) is 5.75 Å². The fraction of sp³-hybridized carbons (Fsp3) is 0.0435. The molecule has 0 saturated carbocycles. The second kappa shape index (κ2) is 7.48. The average molecular weight is 372 g/mol. The van der Waals surface area contributed by atoms with Crippen LogP contribution >= 0.6 is 0 Å². The van der Waals surface area contributed by atoms with Gasteiger partial charge in [-0.05, 0) is 54.6 Å². The molecule has 0 N–H and O–H groups in total. The van der Waals surface area contributed by atoms with Gasteiger partial charge in [-0.25, -0.2) is 9.37 Å². The minimum atomic E-state index is -0.364. The van der Waals surface area contributed by atoms with E-state index in [4.69, 9.17) is 4.74 Å². The van der Waals surface area contributed by atoms with Crippen LogP contribution in [0.4, 0.5) is 4.39 Å². The Kier molecular flexibility index (Phi) is 4.72. The van der Waals surface area contributed by atoms with Crippen LogP contribution < -0.4 is 10.3 Å². The number of para-hydroxylation sites is 2. The van der Waals surface area contributed by atoms with Crippen molar-refractivity contribution in [3.8, 4) is 11.4 Å². The van der Waals surface area contributed by atoms with E-state index in [-0.39, 0.29) is 11.4 Å². The Bertz CT molecular complexity index is 1230. The van der Waals surface area contributed by atoms with Gasteiger partial charge in [0.25, 0.3) is 5.56 Å². The summed E-state index contributed by atoms with van der Waals surface area (Å²) in [6.07, 6.45) is 3.60. The largest absolute Gasteiger partial charge is 0.496 e. The van der Waals surface area contributed by atoms with Gasteiger partial charge in [-0.3, -0.25) is 9.36 Å². The second-order valence-electron chi connectivity index (χ2n) is 6.18. The standard InChI is InChI=1S/C23H17FN2O2/c1-28-21-9-5-2-6-16(21)10-15-22-25-20-8-4-3-7-19(20)23(27)26(22)18-13-11-17(24)12-14-18/h2-15H,1H3/b15-10+. The Morgan fingerprint density at radius 2 is 1.64 bits per heavy atom. The molecule has 0 aliphatic heterocycles. The molecule has 5 heteroatoms. The number of halogens is 1. The van der Waals surface area contributed by atoms with Gasteiger partial charge in [0.15, 0.2) is 0 Å². The highest BCUT2D eigenvalue weighted by Crippen LogP contribution is 2.21. The summed E-state index contributed by atoms with van der Waals surface area (Å²) >= 11 is 0. The number of hydrogen-bond donors (Lipinski definition) is 0. The fourth-order valence-corrected chi connectivity index (χ4v) is 3.07. The smallest absolute Gasteiger partial charge is 0.266 e. The van der Waals surface area contributed by atoms with Gasteiger partial charge in [0.05, 0.1) is 23.7 Å². The number of methoxy groups -OCH3 is 1.